The molecular formula is C39H47O5P. The third kappa shape index (κ3) is 8.21. The minimum atomic E-state index is -3.11. The molecule has 0 aromatic heterocycles. The van der Waals surface area contributed by atoms with Gasteiger partial charge in [0, 0.05) is 11.5 Å². The lowest BCUT2D eigenvalue weighted by Crippen LogP contribution is -2.16. The highest BCUT2D eigenvalue weighted by Crippen LogP contribution is 2.58. The Morgan fingerprint density at radius 3 is 1.89 bits per heavy atom. The Morgan fingerprint density at radius 1 is 0.800 bits per heavy atom. The Hall–Kier alpha value is -3.95. The van der Waals surface area contributed by atoms with Gasteiger partial charge in [-0.25, -0.2) is 0 Å². The van der Waals surface area contributed by atoms with Crippen LogP contribution in [0.4, 0.5) is 0 Å². The van der Waals surface area contributed by atoms with Crippen molar-refractivity contribution < 1.29 is 23.5 Å². The quantitative estimate of drug-likeness (QED) is 0.132. The molecular weight excluding hydrogens is 579 g/mol. The minimum Gasteiger partial charge on any atom is -0.496 e. The molecule has 0 saturated carbocycles. The summed E-state index contributed by atoms with van der Waals surface area (Å²) in [5, 5.41) is 1.76. The highest BCUT2D eigenvalue weighted by atomic mass is 31.2. The normalized spacial score (nSPS) is 16.0. The number of ether oxygens (including phenoxy) is 4. The van der Waals surface area contributed by atoms with Gasteiger partial charge in [0.25, 0.3) is 0 Å². The molecule has 6 heteroatoms. The molecule has 0 heterocycles. The van der Waals surface area contributed by atoms with E-state index in [0.717, 1.165) is 58.1 Å². The van der Waals surface area contributed by atoms with Crippen molar-refractivity contribution in [3.63, 3.8) is 0 Å². The topological polar surface area (TPSA) is 54.0 Å². The molecule has 4 rings (SSSR count). The number of hydrogen-bond acceptors (Lipinski definition) is 5. The van der Waals surface area contributed by atoms with Crippen molar-refractivity contribution in [2.45, 2.75) is 46.5 Å². The van der Waals surface area contributed by atoms with Crippen LogP contribution in [0.5, 0.6) is 23.0 Å². The molecule has 1 unspecified atom stereocenters. The Bertz CT molecular complexity index is 1580. The van der Waals surface area contributed by atoms with Crippen LogP contribution < -0.4 is 24.3 Å². The summed E-state index contributed by atoms with van der Waals surface area (Å²) in [7, 11) is 3.52. The molecule has 0 fully saturated rings. The molecule has 3 aromatic carbocycles. The van der Waals surface area contributed by atoms with Gasteiger partial charge in [-0.05, 0) is 79.3 Å². The highest BCUT2D eigenvalue weighted by Gasteiger charge is 2.33. The van der Waals surface area contributed by atoms with Gasteiger partial charge in [-0.15, -0.1) is 0 Å². The number of rotatable bonds is 14. The molecule has 1 aliphatic carbocycles. The van der Waals surface area contributed by atoms with Gasteiger partial charge in [0.1, 0.15) is 30.1 Å². The number of hydrogen-bond donors (Lipinski definition) is 0. The Kier molecular flexibility index (Phi) is 11.6. The summed E-state index contributed by atoms with van der Waals surface area (Å²) in [6.45, 7) is 6.67. The fourth-order valence-corrected chi connectivity index (χ4v) is 9.05. The highest BCUT2D eigenvalue weighted by molar-refractivity contribution is 7.75. The standard InChI is InChI=1S/C39H47O5P/c1-29-27-39(2,3)25-24-30(29)28-45(40,31-16-10-8-11-17-31)32(26-34-37(43-6)22-15-23-38(34)44-7)18-12-9-13-19-33-35(41-4)20-14-21-36(33)42-5/h8,10-11,13-17,19-26H,9,12,18,27-28H2,1-7H3. The van der Waals surface area contributed by atoms with E-state index in [4.69, 9.17) is 18.9 Å². The van der Waals surface area contributed by atoms with Gasteiger partial charge >= 0.3 is 0 Å². The van der Waals surface area contributed by atoms with Crippen LogP contribution in [0.15, 0.2) is 101 Å². The van der Waals surface area contributed by atoms with Gasteiger partial charge in [0.15, 0.2) is 0 Å². The predicted octanol–water partition coefficient (Wildman–Crippen LogP) is 9.94. The van der Waals surface area contributed by atoms with E-state index in [9.17, 15) is 0 Å². The maximum Gasteiger partial charge on any atom is 0.143 e. The van der Waals surface area contributed by atoms with Crippen LogP contribution in [-0.2, 0) is 4.57 Å². The first-order chi connectivity index (χ1) is 21.7. The summed E-state index contributed by atoms with van der Waals surface area (Å²) in [6.07, 6.45) is 14.3. The average molecular weight is 627 g/mol. The largest absolute Gasteiger partial charge is 0.496 e. The molecule has 3 aromatic rings. The molecule has 1 atom stereocenters. The van der Waals surface area contributed by atoms with E-state index >= 15 is 4.57 Å². The fraction of sp³-hybridized carbons (Fsp3) is 0.333. The molecule has 0 radical (unpaired) electrons. The first kappa shape index (κ1) is 33.9. The summed E-state index contributed by atoms with van der Waals surface area (Å²) < 4.78 is 38.3. The number of allylic oxidation sites excluding steroid dienone is 6. The second-order valence-electron chi connectivity index (χ2n) is 12.1. The van der Waals surface area contributed by atoms with Crippen molar-refractivity contribution in [1.29, 1.82) is 0 Å². The summed E-state index contributed by atoms with van der Waals surface area (Å²) in [4.78, 5) is 0. The molecule has 0 spiro atoms. The molecule has 0 N–H and O–H groups in total. The third-order valence-corrected chi connectivity index (χ3v) is 11.6. The van der Waals surface area contributed by atoms with Crippen molar-refractivity contribution in [2.75, 3.05) is 34.6 Å². The lowest BCUT2D eigenvalue weighted by atomic mass is 9.80. The fourth-order valence-electron chi connectivity index (χ4n) is 5.97. The third-order valence-electron chi connectivity index (χ3n) is 8.37. The van der Waals surface area contributed by atoms with Crippen LogP contribution in [-0.4, -0.2) is 34.6 Å². The molecule has 0 aliphatic heterocycles. The van der Waals surface area contributed by atoms with Gasteiger partial charge in [-0.2, -0.15) is 0 Å². The van der Waals surface area contributed by atoms with Gasteiger partial charge in [0.05, 0.1) is 39.6 Å². The van der Waals surface area contributed by atoms with Crippen LogP contribution in [0, 0.1) is 5.41 Å². The second-order valence-corrected chi connectivity index (χ2v) is 15.0. The summed E-state index contributed by atoms with van der Waals surface area (Å²) in [5.41, 5.74) is 4.24. The van der Waals surface area contributed by atoms with E-state index in [1.807, 2.05) is 72.8 Å². The predicted molar refractivity (Wildman–Crippen MR) is 189 cm³/mol. The van der Waals surface area contributed by atoms with Crippen molar-refractivity contribution in [2.24, 2.45) is 5.41 Å². The average Bonchev–Trinajstić information content (AvgIpc) is 3.05. The van der Waals surface area contributed by atoms with Gasteiger partial charge in [0.2, 0.25) is 0 Å². The zero-order valence-electron chi connectivity index (χ0n) is 27.8. The van der Waals surface area contributed by atoms with Crippen molar-refractivity contribution in [3.05, 3.63) is 113 Å². The van der Waals surface area contributed by atoms with Crippen LogP contribution >= 0.6 is 7.14 Å². The minimum absolute atomic E-state index is 0.0875. The zero-order valence-corrected chi connectivity index (χ0v) is 28.7. The maximum absolute atomic E-state index is 15.7. The van der Waals surface area contributed by atoms with E-state index < -0.39 is 7.14 Å². The second kappa shape index (κ2) is 15.4. The number of unbranched alkanes of at least 4 members (excludes halogenated alkanes) is 1. The summed E-state index contributed by atoms with van der Waals surface area (Å²) in [6, 6.07) is 21.5. The van der Waals surface area contributed by atoms with Gasteiger partial charge in [-0.3, -0.25) is 0 Å². The molecule has 0 amide bonds. The Labute approximate surface area is 269 Å². The first-order valence-corrected chi connectivity index (χ1v) is 17.4. The number of methoxy groups -OCH3 is 4. The van der Waals surface area contributed by atoms with Crippen molar-refractivity contribution >= 4 is 24.6 Å². The monoisotopic (exact) mass is 626 g/mol. The summed E-state index contributed by atoms with van der Waals surface area (Å²) in [5.74, 6) is 2.89. The summed E-state index contributed by atoms with van der Waals surface area (Å²) >= 11 is 0. The van der Waals surface area contributed by atoms with Crippen LogP contribution in [0.25, 0.3) is 12.2 Å². The maximum atomic E-state index is 15.7. The molecule has 1 aliphatic rings. The molecule has 238 valence electrons. The molecule has 45 heavy (non-hydrogen) atoms. The molecule has 5 nitrogen and oxygen atoms in total. The van der Waals surface area contributed by atoms with Crippen molar-refractivity contribution in [1.82, 2.24) is 0 Å². The van der Waals surface area contributed by atoms with Crippen LogP contribution in [0.3, 0.4) is 0 Å². The van der Waals surface area contributed by atoms with E-state index in [2.05, 4.69) is 45.1 Å². The van der Waals surface area contributed by atoms with Crippen LogP contribution in [0.1, 0.15) is 57.6 Å². The van der Waals surface area contributed by atoms with E-state index in [1.165, 1.54) is 5.57 Å². The molecule has 0 bridgehead atoms. The Morgan fingerprint density at radius 2 is 1.36 bits per heavy atom. The van der Waals surface area contributed by atoms with Crippen molar-refractivity contribution in [3.8, 4) is 23.0 Å². The van der Waals surface area contributed by atoms with E-state index in [0.29, 0.717) is 24.1 Å². The Balaban J connectivity index is 1.77. The number of benzene rings is 3. The van der Waals surface area contributed by atoms with Gasteiger partial charge in [-0.1, -0.05) is 86.2 Å². The lowest BCUT2D eigenvalue weighted by molar-refractivity contribution is 0.392. The lowest BCUT2D eigenvalue weighted by Gasteiger charge is -2.30. The zero-order chi connectivity index (χ0) is 32.5. The van der Waals surface area contributed by atoms with E-state index in [1.54, 1.807) is 28.4 Å². The molecule has 0 saturated heterocycles. The van der Waals surface area contributed by atoms with Crippen LogP contribution in [0.2, 0.25) is 0 Å². The van der Waals surface area contributed by atoms with Gasteiger partial charge < -0.3 is 23.5 Å². The smallest absolute Gasteiger partial charge is 0.143 e. The first-order valence-electron chi connectivity index (χ1n) is 15.5. The SMILES string of the molecule is COc1cccc(OC)c1C=CCCCC(=Cc1c(OC)cccc1OC)P(=O)(CC1=C(C)CC(C)(C)C=C1)c1ccccc1. The van der Waals surface area contributed by atoms with E-state index in [-0.39, 0.29) is 5.41 Å².